The van der Waals surface area contributed by atoms with Gasteiger partial charge in [0.1, 0.15) is 0 Å². The SMILES string of the molecule is CC[C@H]1CCCCN1C(=O)CCn1nc(C)cc1C. The van der Waals surface area contributed by atoms with Crippen molar-refractivity contribution < 1.29 is 4.79 Å². The van der Waals surface area contributed by atoms with Crippen LogP contribution in [0.15, 0.2) is 6.07 Å². The number of hydrogen-bond acceptors (Lipinski definition) is 2. The Balaban J connectivity index is 1.91. The van der Waals surface area contributed by atoms with E-state index in [-0.39, 0.29) is 0 Å². The van der Waals surface area contributed by atoms with Crippen molar-refractivity contribution in [3.8, 4) is 0 Å². The van der Waals surface area contributed by atoms with Crippen molar-refractivity contribution >= 4 is 5.91 Å². The summed E-state index contributed by atoms with van der Waals surface area (Å²) in [5, 5.41) is 4.41. The summed E-state index contributed by atoms with van der Waals surface area (Å²) >= 11 is 0. The van der Waals surface area contributed by atoms with Gasteiger partial charge in [-0.25, -0.2) is 0 Å². The zero-order valence-electron chi connectivity index (χ0n) is 12.4. The average molecular weight is 263 g/mol. The first kappa shape index (κ1) is 14.1. The van der Waals surface area contributed by atoms with Gasteiger partial charge in [-0.3, -0.25) is 9.48 Å². The summed E-state index contributed by atoms with van der Waals surface area (Å²) in [5.41, 5.74) is 2.16. The van der Waals surface area contributed by atoms with Crippen LogP contribution in [0.4, 0.5) is 0 Å². The largest absolute Gasteiger partial charge is 0.340 e. The lowest BCUT2D eigenvalue weighted by Crippen LogP contribution is -2.43. The maximum absolute atomic E-state index is 12.3. The van der Waals surface area contributed by atoms with Crippen LogP contribution in [-0.4, -0.2) is 33.2 Å². The fraction of sp³-hybridized carbons (Fsp3) is 0.733. The maximum Gasteiger partial charge on any atom is 0.224 e. The van der Waals surface area contributed by atoms with Crippen LogP contribution in [0.3, 0.4) is 0 Å². The Morgan fingerprint density at radius 2 is 2.21 bits per heavy atom. The average Bonchev–Trinajstić information content (AvgIpc) is 2.74. The van der Waals surface area contributed by atoms with Gasteiger partial charge >= 0.3 is 0 Å². The number of aromatic nitrogens is 2. The van der Waals surface area contributed by atoms with Crippen LogP contribution in [0.1, 0.15) is 50.4 Å². The molecule has 1 amide bonds. The van der Waals surface area contributed by atoms with E-state index < -0.39 is 0 Å². The van der Waals surface area contributed by atoms with Gasteiger partial charge in [0.2, 0.25) is 5.91 Å². The molecule has 1 fully saturated rings. The third-order valence-corrected chi connectivity index (χ3v) is 4.06. The standard InChI is InChI=1S/C15H25N3O/c1-4-14-7-5-6-9-17(14)15(19)8-10-18-13(3)11-12(2)16-18/h11,14H,4-10H2,1-3H3/t14-/m0/s1. The van der Waals surface area contributed by atoms with Crippen LogP contribution in [0.5, 0.6) is 0 Å². The number of piperidine rings is 1. The van der Waals surface area contributed by atoms with Crippen LogP contribution in [-0.2, 0) is 11.3 Å². The van der Waals surface area contributed by atoms with Crippen molar-refractivity contribution in [1.29, 1.82) is 0 Å². The van der Waals surface area contributed by atoms with E-state index in [4.69, 9.17) is 0 Å². The van der Waals surface area contributed by atoms with Gasteiger partial charge in [-0.15, -0.1) is 0 Å². The highest BCUT2D eigenvalue weighted by Crippen LogP contribution is 2.20. The first-order valence-corrected chi connectivity index (χ1v) is 7.42. The van der Waals surface area contributed by atoms with Crippen molar-refractivity contribution in [2.24, 2.45) is 0 Å². The normalized spacial score (nSPS) is 19.7. The minimum Gasteiger partial charge on any atom is -0.340 e. The molecule has 0 aliphatic carbocycles. The molecule has 1 aromatic heterocycles. The number of carbonyl (C=O) groups is 1. The minimum absolute atomic E-state index is 0.291. The fourth-order valence-electron chi connectivity index (χ4n) is 3.00. The van der Waals surface area contributed by atoms with Crippen molar-refractivity contribution in [3.05, 3.63) is 17.5 Å². The molecule has 19 heavy (non-hydrogen) atoms. The van der Waals surface area contributed by atoms with E-state index in [1.54, 1.807) is 0 Å². The Kier molecular flexibility index (Phi) is 4.61. The highest BCUT2D eigenvalue weighted by molar-refractivity contribution is 5.76. The third-order valence-electron chi connectivity index (χ3n) is 4.06. The second-order valence-corrected chi connectivity index (χ2v) is 5.55. The number of amides is 1. The Morgan fingerprint density at radius 1 is 1.42 bits per heavy atom. The number of carbonyl (C=O) groups excluding carboxylic acids is 1. The van der Waals surface area contributed by atoms with Gasteiger partial charge in [0, 0.05) is 31.2 Å². The van der Waals surface area contributed by atoms with Gasteiger partial charge in [-0.05, 0) is 45.6 Å². The zero-order chi connectivity index (χ0) is 13.8. The molecule has 4 heteroatoms. The van der Waals surface area contributed by atoms with Crippen LogP contribution in [0.2, 0.25) is 0 Å². The number of likely N-dealkylation sites (tertiary alicyclic amines) is 1. The molecule has 4 nitrogen and oxygen atoms in total. The quantitative estimate of drug-likeness (QED) is 0.837. The predicted octanol–water partition coefficient (Wildman–Crippen LogP) is 2.68. The van der Waals surface area contributed by atoms with E-state index in [1.165, 1.54) is 12.8 Å². The molecule has 0 bridgehead atoms. The molecule has 0 spiro atoms. The summed E-state index contributed by atoms with van der Waals surface area (Å²) in [6, 6.07) is 2.52. The monoisotopic (exact) mass is 263 g/mol. The van der Waals surface area contributed by atoms with E-state index in [2.05, 4.69) is 23.0 Å². The summed E-state index contributed by atoms with van der Waals surface area (Å²) < 4.78 is 1.94. The van der Waals surface area contributed by atoms with Crippen LogP contribution < -0.4 is 0 Å². The fourth-order valence-corrected chi connectivity index (χ4v) is 3.00. The van der Waals surface area contributed by atoms with Gasteiger partial charge in [-0.2, -0.15) is 5.10 Å². The van der Waals surface area contributed by atoms with Gasteiger partial charge in [0.15, 0.2) is 0 Å². The van der Waals surface area contributed by atoms with E-state index in [1.807, 2.05) is 18.5 Å². The molecule has 106 valence electrons. The number of rotatable bonds is 4. The summed E-state index contributed by atoms with van der Waals surface area (Å²) in [6.45, 7) is 7.85. The Hall–Kier alpha value is -1.32. The molecule has 0 unspecified atom stereocenters. The minimum atomic E-state index is 0.291. The summed E-state index contributed by atoms with van der Waals surface area (Å²) in [6.07, 6.45) is 5.23. The smallest absolute Gasteiger partial charge is 0.224 e. The Bertz CT molecular complexity index is 439. The topological polar surface area (TPSA) is 38.1 Å². The van der Waals surface area contributed by atoms with E-state index >= 15 is 0 Å². The number of hydrogen-bond donors (Lipinski definition) is 0. The zero-order valence-corrected chi connectivity index (χ0v) is 12.4. The van der Waals surface area contributed by atoms with E-state index in [0.29, 0.717) is 24.9 Å². The summed E-state index contributed by atoms with van der Waals surface area (Å²) in [5.74, 6) is 0.291. The van der Waals surface area contributed by atoms with Gasteiger partial charge in [0.05, 0.1) is 5.69 Å². The number of nitrogens with zero attached hydrogens (tertiary/aromatic N) is 3. The van der Waals surface area contributed by atoms with E-state index in [9.17, 15) is 4.79 Å². The first-order valence-electron chi connectivity index (χ1n) is 7.42. The van der Waals surface area contributed by atoms with Gasteiger partial charge < -0.3 is 4.90 Å². The van der Waals surface area contributed by atoms with Crippen LogP contribution in [0.25, 0.3) is 0 Å². The molecule has 0 saturated carbocycles. The predicted molar refractivity (Wildman–Crippen MR) is 76.0 cm³/mol. The summed E-state index contributed by atoms with van der Waals surface area (Å²) in [7, 11) is 0. The molecule has 1 atom stereocenters. The lowest BCUT2D eigenvalue weighted by atomic mass is 9.99. The highest BCUT2D eigenvalue weighted by atomic mass is 16.2. The molecule has 2 heterocycles. The molecule has 1 aliphatic heterocycles. The number of aryl methyl sites for hydroxylation is 3. The van der Waals surface area contributed by atoms with E-state index in [0.717, 1.165) is 30.8 Å². The Labute approximate surface area is 115 Å². The molecular formula is C15H25N3O. The second-order valence-electron chi connectivity index (χ2n) is 5.55. The molecular weight excluding hydrogens is 238 g/mol. The van der Waals surface area contributed by atoms with Gasteiger partial charge in [-0.1, -0.05) is 6.92 Å². The summed E-state index contributed by atoms with van der Waals surface area (Å²) in [4.78, 5) is 14.4. The third kappa shape index (κ3) is 3.37. The molecule has 0 aromatic carbocycles. The van der Waals surface area contributed by atoms with Crippen LogP contribution >= 0.6 is 0 Å². The molecule has 1 aliphatic rings. The van der Waals surface area contributed by atoms with Crippen molar-refractivity contribution in [3.63, 3.8) is 0 Å². The lowest BCUT2D eigenvalue weighted by molar-refractivity contribution is -0.135. The molecule has 1 aromatic rings. The van der Waals surface area contributed by atoms with Crippen molar-refractivity contribution in [1.82, 2.24) is 14.7 Å². The molecule has 0 N–H and O–H groups in total. The maximum atomic E-state index is 12.3. The first-order chi connectivity index (χ1) is 9.11. The second kappa shape index (κ2) is 6.22. The van der Waals surface area contributed by atoms with Crippen molar-refractivity contribution in [2.45, 2.75) is 65.5 Å². The lowest BCUT2D eigenvalue weighted by Gasteiger charge is -2.35. The molecule has 2 rings (SSSR count). The molecule has 1 saturated heterocycles. The Morgan fingerprint density at radius 3 is 2.84 bits per heavy atom. The van der Waals surface area contributed by atoms with Crippen LogP contribution in [0, 0.1) is 13.8 Å². The highest BCUT2D eigenvalue weighted by Gasteiger charge is 2.24. The molecule has 0 radical (unpaired) electrons. The van der Waals surface area contributed by atoms with Crippen molar-refractivity contribution in [2.75, 3.05) is 6.54 Å². The van der Waals surface area contributed by atoms with Gasteiger partial charge in [0.25, 0.3) is 0 Å².